The minimum Gasteiger partial charge on any atom is -0.390 e. The molecule has 1 aromatic heterocycles. The van der Waals surface area contributed by atoms with E-state index in [0.717, 1.165) is 32.0 Å². The van der Waals surface area contributed by atoms with Crippen LogP contribution < -0.4 is 4.90 Å². The van der Waals surface area contributed by atoms with Crippen LogP contribution in [0.5, 0.6) is 0 Å². The number of aliphatic hydroxyl groups excluding tert-OH is 1. The first-order chi connectivity index (χ1) is 9.97. The summed E-state index contributed by atoms with van der Waals surface area (Å²) in [4.78, 5) is 7.62. The fourth-order valence-electron chi connectivity index (χ4n) is 3.24. The van der Waals surface area contributed by atoms with Gasteiger partial charge in [0.05, 0.1) is 17.7 Å². The summed E-state index contributed by atoms with van der Waals surface area (Å²) in [6.07, 6.45) is -1.53. The predicted molar refractivity (Wildman–Crippen MR) is 72.1 cm³/mol. The molecule has 0 aromatic carbocycles. The van der Waals surface area contributed by atoms with E-state index in [2.05, 4.69) is 9.88 Å². The van der Waals surface area contributed by atoms with Gasteiger partial charge in [-0.25, -0.2) is 4.98 Å². The van der Waals surface area contributed by atoms with Crippen LogP contribution >= 0.6 is 0 Å². The molecule has 0 unspecified atom stereocenters. The van der Waals surface area contributed by atoms with E-state index in [1.807, 2.05) is 0 Å². The lowest BCUT2D eigenvalue weighted by Gasteiger charge is -2.26. The highest BCUT2D eigenvalue weighted by Crippen LogP contribution is 2.36. The van der Waals surface area contributed by atoms with Gasteiger partial charge >= 0.3 is 6.18 Å². The van der Waals surface area contributed by atoms with Crippen molar-refractivity contribution in [2.75, 3.05) is 31.1 Å². The molecule has 116 valence electrons. The maximum absolute atomic E-state index is 13.1. The third-order valence-electron chi connectivity index (χ3n) is 4.26. The first kappa shape index (κ1) is 14.6. The van der Waals surface area contributed by atoms with Gasteiger partial charge in [0.15, 0.2) is 0 Å². The smallest absolute Gasteiger partial charge is 0.390 e. The Balaban J connectivity index is 1.82. The van der Waals surface area contributed by atoms with Crippen LogP contribution in [-0.2, 0) is 6.18 Å². The highest BCUT2D eigenvalue weighted by atomic mass is 19.4. The van der Waals surface area contributed by atoms with E-state index in [1.54, 1.807) is 4.90 Å². The maximum atomic E-state index is 13.1. The molecule has 2 saturated heterocycles. The number of hydrogen-bond donors (Lipinski definition) is 1. The number of aliphatic hydroxyl groups is 1. The lowest BCUT2D eigenvalue weighted by molar-refractivity contribution is -0.137. The van der Waals surface area contributed by atoms with Crippen LogP contribution in [0.25, 0.3) is 0 Å². The van der Waals surface area contributed by atoms with E-state index in [-0.39, 0.29) is 18.4 Å². The van der Waals surface area contributed by atoms with Crippen molar-refractivity contribution in [3.63, 3.8) is 0 Å². The van der Waals surface area contributed by atoms with Gasteiger partial charge in [-0.2, -0.15) is 13.2 Å². The molecule has 0 spiro atoms. The van der Waals surface area contributed by atoms with Crippen molar-refractivity contribution in [3.8, 4) is 0 Å². The molecule has 0 aliphatic carbocycles. The van der Waals surface area contributed by atoms with Gasteiger partial charge in [-0.3, -0.25) is 4.90 Å². The fraction of sp³-hybridized carbons (Fsp3) is 0.643. The standard InChI is InChI=1S/C14H18F3N3O/c15-14(16,17)10-4-3-5-18-13(10)20-8-11(12(21)9-20)19-6-1-2-7-19/h3-5,11-12,21H,1-2,6-9H2/t11-,12-/m0/s1. The summed E-state index contributed by atoms with van der Waals surface area (Å²) in [5, 5.41) is 10.2. The van der Waals surface area contributed by atoms with Crippen LogP contribution in [0.15, 0.2) is 18.3 Å². The summed E-state index contributed by atoms with van der Waals surface area (Å²) in [5.74, 6) is -0.0780. The number of β-amino-alcohol motifs (C(OH)–C–C–N with tert-alkyl or cyclic N) is 1. The van der Waals surface area contributed by atoms with E-state index in [1.165, 1.54) is 12.3 Å². The van der Waals surface area contributed by atoms with Crippen LogP contribution in [0.4, 0.5) is 19.0 Å². The summed E-state index contributed by atoms with van der Waals surface area (Å²) in [6.45, 7) is 2.40. The zero-order valence-corrected chi connectivity index (χ0v) is 11.6. The number of nitrogens with zero attached hydrogens (tertiary/aromatic N) is 3. The molecular weight excluding hydrogens is 283 g/mol. The van der Waals surface area contributed by atoms with Gasteiger partial charge in [0, 0.05) is 19.3 Å². The average molecular weight is 301 g/mol. The third-order valence-corrected chi connectivity index (χ3v) is 4.26. The Morgan fingerprint density at radius 2 is 1.90 bits per heavy atom. The molecule has 2 aliphatic heterocycles. The monoisotopic (exact) mass is 301 g/mol. The van der Waals surface area contributed by atoms with Crippen molar-refractivity contribution >= 4 is 5.82 Å². The van der Waals surface area contributed by atoms with E-state index in [9.17, 15) is 18.3 Å². The van der Waals surface area contributed by atoms with E-state index >= 15 is 0 Å². The summed E-state index contributed by atoms with van der Waals surface area (Å²) in [6, 6.07) is 2.23. The van der Waals surface area contributed by atoms with Gasteiger partial charge in [0.2, 0.25) is 0 Å². The lowest BCUT2D eigenvalue weighted by Crippen LogP contribution is -2.41. The molecule has 3 heterocycles. The van der Waals surface area contributed by atoms with Crippen molar-refractivity contribution in [2.45, 2.75) is 31.2 Å². The summed E-state index contributed by atoms with van der Waals surface area (Å²) in [5.41, 5.74) is -0.737. The van der Waals surface area contributed by atoms with E-state index < -0.39 is 17.8 Å². The Hall–Kier alpha value is -1.34. The fourth-order valence-corrected chi connectivity index (χ4v) is 3.24. The number of rotatable bonds is 2. The minimum absolute atomic E-state index is 0.0780. The SMILES string of the molecule is O[C@H]1CN(c2ncccc2C(F)(F)F)C[C@@H]1N1CCCC1. The van der Waals surface area contributed by atoms with Gasteiger partial charge in [-0.15, -0.1) is 0 Å². The molecule has 1 aromatic rings. The molecule has 2 atom stereocenters. The van der Waals surface area contributed by atoms with Crippen molar-refractivity contribution in [2.24, 2.45) is 0 Å². The van der Waals surface area contributed by atoms with Crippen LogP contribution in [0.2, 0.25) is 0 Å². The van der Waals surface area contributed by atoms with Crippen LogP contribution in [0, 0.1) is 0 Å². The Kier molecular flexibility index (Phi) is 3.79. The molecule has 0 saturated carbocycles. The topological polar surface area (TPSA) is 39.6 Å². The second-order valence-corrected chi connectivity index (χ2v) is 5.66. The normalized spacial score (nSPS) is 27.5. The first-order valence-corrected chi connectivity index (χ1v) is 7.16. The maximum Gasteiger partial charge on any atom is 0.419 e. The minimum atomic E-state index is -4.43. The lowest BCUT2D eigenvalue weighted by atomic mass is 10.2. The average Bonchev–Trinajstić information content (AvgIpc) is 3.06. The van der Waals surface area contributed by atoms with Crippen LogP contribution in [0.3, 0.4) is 0 Å². The molecule has 0 radical (unpaired) electrons. The van der Waals surface area contributed by atoms with E-state index in [0.29, 0.717) is 6.54 Å². The molecule has 4 nitrogen and oxygen atoms in total. The second kappa shape index (κ2) is 5.46. The van der Waals surface area contributed by atoms with Crippen molar-refractivity contribution < 1.29 is 18.3 Å². The van der Waals surface area contributed by atoms with Crippen molar-refractivity contribution in [1.82, 2.24) is 9.88 Å². The number of likely N-dealkylation sites (tertiary alicyclic amines) is 1. The number of halogens is 3. The summed E-state index contributed by atoms with van der Waals surface area (Å²) >= 11 is 0. The number of alkyl halides is 3. The quantitative estimate of drug-likeness (QED) is 0.903. The largest absolute Gasteiger partial charge is 0.419 e. The molecular formula is C14H18F3N3O. The van der Waals surface area contributed by atoms with Crippen molar-refractivity contribution in [3.05, 3.63) is 23.9 Å². The Morgan fingerprint density at radius 3 is 2.57 bits per heavy atom. The predicted octanol–water partition coefficient (Wildman–Crippen LogP) is 1.75. The number of aromatic nitrogens is 1. The third kappa shape index (κ3) is 2.85. The van der Waals surface area contributed by atoms with Gasteiger partial charge < -0.3 is 10.0 Å². The summed E-state index contributed by atoms with van der Waals surface area (Å²) in [7, 11) is 0. The van der Waals surface area contributed by atoms with Gasteiger partial charge in [-0.05, 0) is 38.1 Å². The van der Waals surface area contributed by atoms with Crippen LogP contribution in [-0.4, -0.2) is 53.3 Å². The molecule has 2 fully saturated rings. The summed E-state index contributed by atoms with van der Waals surface area (Å²) < 4.78 is 39.2. The van der Waals surface area contributed by atoms with E-state index in [4.69, 9.17) is 0 Å². The number of pyridine rings is 1. The van der Waals surface area contributed by atoms with Gasteiger partial charge in [-0.1, -0.05) is 0 Å². The number of anilines is 1. The molecule has 1 N–H and O–H groups in total. The number of hydrogen-bond acceptors (Lipinski definition) is 4. The molecule has 7 heteroatoms. The molecule has 2 aliphatic rings. The van der Waals surface area contributed by atoms with Crippen molar-refractivity contribution in [1.29, 1.82) is 0 Å². The highest BCUT2D eigenvalue weighted by Gasteiger charge is 2.41. The zero-order chi connectivity index (χ0) is 15.0. The Morgan fingerprint density at radius 1 is 1.19 bits per heavy atom. The molecule has 3 rings (SSSR count). The molecule has 0 bridgehead atoms. The Bertz CT molecular complexity index is 502. The first-order valence-electron chi connectivity index (χ1n) is 7.16. The van der Waals surface area contributed by atoms with Gasteiger partial charge in [0.25, 0.3) is 0 Å². The molecule has 0 amide bonds. The van der Waals surface area contributed by atoms with Crippen LogP contribution in [0.1, 0.15) is 18.4 Å². The molecule has 21 heavy (non-hydrogen) atoms. The second-order valence-electron chi connectivity index (χ2n) is 5.66. The Labute approximate surface area is 121 Å². The highest BCUT2D eigenvalue weighted by molar-refractivity contribution is 5.50. The van der Waals surface area contributed by atoms with Gasteiger partial charge in [0.1, 0.15) is 5.82 Å². The zero-order valence-electron chi connectivity index (χ0n) is 11.6.